The molecule has 0 aromatic heterocycles. The Kier molecular flexibility index (Phi) is 7.39. The van der Waals surface area contributed by atoms with Crippen LogP contribution in [0.3, 0.4) is 0 Å². The monoisotopic (exact) mass is 435 g/mol. The molecule has 2 aromatic rings. The summed E-state index contributed by atoms with van der Waals surface area (Å²) in [6.45, 7) is 4.83. The maximum absolute atomic E-state index is 13.6. The molecule has 1 fully saturated rings. The second-order valence-electron chi connectivity index (χ2n) is 7.24. The van der Waals surface area contributed by atoms with Crippen molar-refractivity contribution < 1.29 is 18.4 Å². The Balaban J connectivity index is 1.44. The van der Waals surface area contributed by atoms with E-state index in [1.54, 1.807) is 4.90 Å². The molecule has 1 aliphatic rings. The van der Waals surface area contributed by atoms with Crippen LogP contribution in [-0.4, -0.2) is 54.3 Å². The Bertz CT molecular complexity index is 917. The zero-order valence-corrected chi connectivity index (χ0v) is 17.5. The fourth-order valence-corrected chi connectivity index (χ4v) is 3.87. The average Bonchev–Trinajstić information content (AvgIpc) is 2.73. The lowest BCUT2D eigenvalue weighted by Gasteiger charge is -2.38. The Labute approximate surface area is 179 Å². The molecule has 3 rings (SSSR count). The van der Waals surface area contributed by atoms with E-state index in [4.69, 9.17) is 11.6 Å². The lowest BCUT2D eigenvalue weighted by atomic mass is 10.1. The first-order valence-corrected chi connectivity index (χ1v) is 10.2. The number of nitrogens with zero attached hydrogens (tertiary/aromatic N) is 2. The maximum Gasteiger partial charge on any atom is 0.254 e. The molecule has 0 saturated carbocycles. The second kappa shape index (κ2) is 10.00. The summed E-state index contributed by atoms with van der Waals surface area (Å²) < 4.78 is 26.6. The molecule has 1 saturated heterocycles. The number of benzene rings is 2. The van der Waals surface area contributed by atoms with Crippen LogP contribution in [0.25, 0.3) is 0 Å². The molecule has 1 atom stereocenters. The Hall–Kier alpha value is -2.51. The first-order chi connectivity index (χ1) is 14.4. The molecular formula is C22H24ClF2N3O2. The number of carbonyl (C=O) groups is 2. The van der Waals surface area contributed by atoms with Crippen LogP contribution < -0.4 is 5.32 Å². The van der Waals surface area contributed by atoms with Crippen molar-refractivity contribution in [1.29, 1.82) is 0 Å². The molecule has 160 valence electrons. The van der Waals surface area contributed by atoms with Crippen molar-refractivity contribution in [1.82, 2.24) is 15.1 Å². The lowest BCUT2D eigenvalue weighted by molar-refractivity contribution is -0.133. The normalized spacial score (nSPS) is 15.7. The molecule has 5 nitrogen and oxygen atoms in total. The molecular weight excluding hydrogens is 412 g/mol. The van der Waals surface area contributed by atoms with Crippen molar-refractivity contribution >= 4 is 23.4 Å². The van der Waals surface area contributed by atoms with Gasteiger partial charge in [0, 0.05) is 56.3 Å². The minimum Gasteiger partial charge on any atom is -0.351 e. The van der Waals surface area contributed by atoms with Crippen LogP contribution in [0.15, 0.2) is 42.5 Å². The maximum atomic E-state index is 13.6. The Morgan fingerprint density at radius 2 is 1.80 bits per heavy atom. The van der Waals surface area contributed by atoms with Crippen LogP contribution in [0.5, 0.6) is 0 Å². The molecule has 1 aliphatic heterocycles. The molecule has 1 N–H and O–H groups in total. The van der Waals surface area contributed by atoms with E-state index in [-0.39, 0.29) is 30.5 Å². The standard InChI is InChI=1S/C22H24ClF2N3O2/c1-15(17-4-2-3-5-19(17)23)27-10-12-28(13-11-27)21(29)8-9-26-22(30)18-7-6-16(24)14-20(18)25/h2-7,14-15H,8-13H2,1H3,(H,26,30). The molecule has 8 heteroatoms. The average molecular weight is 436 g/mol. The van der Waals surface area contributed by atoms with Crippen molar-refractivity contribution in [2.75, 3.05) is 32.7 Å². The molecule has 2 amide bonds. The number of carbonyl (C=O) groups excluding carboxylic acids is 2. The van der Waals surface area contributed by atoms with Crippen LogP contribution in [0.2, 0.25) is 5.02 Å². The number of halogens is 3. The van der Waals surface area contributed by atoms with Gasteiger partial charge in [0.2, 0.25) is 5.91 Å². The second-order valence-corrected chi connectivity index (χ2v) is 7.65. The number of amides is 2. The fraction of sp³-hybridized carbons (Fsp3) is 0.364. The third-order valence-electron chi connectivity index (χ3n) is 5.37. The van der Waals surface area contributed by atoms with Gasteiger partial charge in [0.15, 0.2) is 0 Å². The van der Waals surface area contributed by atoms with Gasteiger partial charge in [0.25, 0.3) is 5.91 Å². The van der Waals surface area contributed by atoms with E-state index >= 15 is 0 Å². The molecule has 0 radical (unpaired) electrons. The van der Waals surface area contributed by atoms with E-state index in [0.717, 1.165) is 35.8 Å². The molecule has 2 aromatic carbocycles. The van der Waals surface area contributed by atoms with Crippen LogP contribution in [0.1, 0.15) is 35.3 Å². The highest BCUT2D eigenvalue weighted by Crippen LogP contribution is 2.27. The van der Waals surface area contributed by atoms with Gasteiger partial charge in [-0.05, 0) is 30.7 Å². The topological polar surface area (TPSA) is 52.6 Å². The van der Waals surface area contributed by atoms with E-state index in [9.17, 15) is 18.4 Å². The zero-order chi connectivity index (χ0) is 21.7. The van der Waals surface area contributed by atoms with Crippen LogP contribution in [-0.2, 0) is 4.79 Å². The van der Waals surface area contributed by atoms with Crippen LogP contribution >= 0.6 is 11.6 Å². The van der Waals surface area contributed by atoms with Crippen molar-refractivity contribution in [3.05, 3.63) is 70.2 Å². The number of hydrogen-bond donors (Lipinski definition) is 1. The van der Waals surface area contributed by atoms with Crippen LogP contribution in [0, 0.1) is 11.6 Å². The summed E-state index contributed by atoms with van der Waals surface area (Å²) in [6, 6.07) is 10.7. The lowest BCUT2D eigenvalue weighted by Crippen LogP contribution is -2.49. The largest absolute Gasteiger partial charge is 0.351 e. The summed E-state index contributed by atoms with van der Waals surface area (Å²) in [7, 11) is 0. The van der Waals surface area contributed by atoms with Crippen molar-refractivity contribution in [3.63, 3.8) is 0 Å². The van der Waals surface area contributed by atoms with E-state index < -0.39 is 17.5 Å². The highest BCUT2D eigenvalue weighted by atomic mass is 35.5. The minimum atomic E-state index is -0.928. The van der Waals surface area contributed by atoms with Gasteiger partial charge in [-0.15, -0.1) is 0 Å². The number of hydrogen-bond acceptors (Lipinski definition) is 3. The van der Waals surface area contributed by atoms with Gasteiger partial charge in [-0.2, -0.15) is 0 Å². The molecule has 30 heavy (non-hydrogen) atoms. The van der Waals surface area contributed by atoms with Crippen molar-refractivity contribution in [2.45, 2.75) is 19.4 Å². The smallest absolute Gasteiger partial charge is 0.254 e. The number of piperazine rings is 1. The third kappa shape index (κ3) is 5.34. The zero-order valence-electron chi connectivity index (χ0n) is 16.7. The summed E-state index contributed by atoms with van der Waals surface area (Å²) in [4.78, 5) is 28.5. The fourth-order valence-electron chi connectivity index (χ4n) is 3.58. The van der Waals surface area contributed by atoms with Gasteiger partial charge < -0.3 is 10.2 Å². The highest BCUT2D eigenvalue weighted by molar-refractivity contribution is 6.31. The highest BCUT2D eigenvalue weighted by Gasteiger charge is 2.25. The molecule has 1 heterocycles. The first kappa shape index (κ1) is 22.2. The van der Waals surface area contributed by atoms with Gasteiger partial charge in [-0.3, -0.25) is 14.5 Å². The molecule has 0 bridgehead atoms. The molecule has 0 spiro atoms. The summed E-state index contributed by atoms with van der Waals surface area (Å²) >= 11 is 6.29. The minimum absolute atomic E-state index is 0.0695. The summed E-state index contributed by atoms with van der Waals surface area (Å²) in [5, 5.41) is 3.24. The summed E-state index contributed by atoms with van der Waals surface area (Å²) in [6.07, 6.45) is 0.120. The Morgan fingerprint density at radius 3 is 2.47 bits per heavy atom. The quantitative estimate of drug-likeness (QED) is 0.753. The van der Waals surface area contributed by atoms with E-state index in [0.29, 0.717) is 19.2 Å². The first-order valence-electron chi connectivity index (χ1n) is 9.86. The van der Waals surface area contributed by atoms with E-state index in [1.165, 1.54) is 0 Å². The molecule has 0 aliphatic carbocycles. The van der Waals surface area contributed by atoms with E-state index in [2.05, 4.69) is 17.1 Å². The van der Waals surface area contributed by atoms with Crippen molar-refractivity contribution in [3.8, 4) is 0 Å². The Morgan fingerprint density at radius 1 is 1.10 bits per heavy atom. The summed E-state index contributed by atoms with van der Waals surface area (Å²) in [5.74, 6) is -2.41. The SMILES string of the molecule is CC(c1ccccc1Cl)N1CCN(C(=O)CCNC(=O)c2ccc(F)cc2F)CC1. The predicted molar refractivity (Wildman–Crippen MR) is 111 cm³/mol. The number of nitrogens with one attached hydrogen (secondary N) is 1. The van der Waals surface area contributed by atoms with Gasteiger partial charge in [0.1, 0.15) is 11.6 Å². The summed E-state index contributed by atoms with van der Waals surface area (Å²) in [5.41, 5.74) is 0.820. The third-order valence-corrected chi connectivity index (χ3v) is 5.71. The van der Waals surface area contributed by atoms with Crippen molar-refractivity contribution in [2.24, 2.45) is 0 Å². The number of rotatable bonds is 6. The van der Waals surface area contributed by atoms with Crippen LogP contribution in [0.4, 0.5) is 8.78 Å². The van der Waals surface area contributed by atoms with Gasteiger partial charge in [0.05, 0.1) is 5.56 Å². The molecule has 1 unspecified atom stereocenters. The van der Waals surface area contributed by atoms with Gasteiger partial charge in [-0.1, -0.05) is 29.8 Å². The van der Waals surface area contributed by atoms with E-state index in [1.807, 2.05) is 24.3 Å². The van der Waals surface area contributed by atoms with Gasteiger partial charge in [-0.25, -0.2) is 8.78 Å². The van der Waals surface area contributed by atoms with Gasteiger partial charge >= 0.3 is 0 Å². The predicted octanol–water partition coefficient (Wildman–Crippen LogP) is 3.64.